The minimum Gasteiger partial charge on any atom is -0.497 e. The predicted octanol–water partition coefficient (Wildman–Crippen LogP) is 2.21. The van der Waals surface area contributed by atoms with Crippen LogP contribution in [0.15, 0.2) is 48.5 Å². The summed E-state index contributed by atoms with van der Waals surface area (Å²) in [5, 5.41) is 0. The molecule has 1 saturated heterocycles. The van der Waals surface area contributed by atoms with Crippen LogP contribution in [0.5, 0.6) is 11.5 Å². The van der Waals surface area contributed by atoms with Gasteiger partial charge in [-0.15, -0.1) is 0 Å². The van der Waals surface area contributed by atoms with E-state index >= 15 is 0 Å². The van der Waals surface area contributed by atoms with Gasteiger partial charge in [0, 0.05) is 31.9 Å². The number of nitrogens with zero attached hydrogens (tertiary/aromatic N) is 2. The molecular formula is C21H24N2O5. The van der Waals surface area contributed by atoms with Gasteiger partial charge in [0.05, 0.1) is 19.8 Å². The summed E-state index contributed by atoms with van der Waals surface area (Å²) in [6.45, 7) is 2.73. The van der Waals surface area contributed by atoms with Crippen LogP contribution in [-0.2, 0) is 9.53 Å². The molecule has 2 aromatic rings. The van der Waals surface area contributed by atoms with Crippen molar-refractivity contribution in [2.45, 2.75) is 0 Å². The Morgan fingerprint density at radius 1 is 0.929 bits per heavy atom. The van der Waals surface area contributed by atoms with Crippen LogP contribution in [-0.4, -0.2) is 63.8 Å². The van der Waals surface area contributed by atoms with E-state index in [2.05, 4.69) is 4.90 Å². The van der Waals surface area contributed by atoms with Crippen molar-refractivity contribution in [3.63, 3.8) is 0 Å². The third-order valence-electron chi connectivity index (χ3n) is 4.69. The zero-order chi connectivity index (χ0) is 19.9. The van der Waals surface area contributed by atoms with Crippen LogP contribution in [0.4, 0.5) is 5.69 Å². The molecular weight excluding hydrogens is 360 g/mol. The second kappa shape index (κ2) is 9.12. The van der Waals surface area contributed by atoms with E-state index in [-0.39, 0.29) is 12.5 Å². The van der Waals surface area contributed by atoms with Crippen LogP contribution in [0.3, 0.4) is 0 Å². The predicted molar refractivity (Wildman–Crippen MR) is 105 cm³/mol. The molecule has 0 N–H and O–H groups in total. The molecule has 7 nitrogen and oxygen atoms in total. The third kappa shape index (κ3) is 4.73. The number of benzene rings is 2. The summed E-state index contributed by atoms with van der Waals surface area (Å²) in [4.78, 5) is 28.1. The van der Waals surface area contributed by atoms with Gasteiger partial charge in [-0.1, -0.05) is 6.07 Å². The number of hydrogen-bond donors (Lipinski definition) is 0. The molecule has 1 aliphatic heterocycles. The van der Waals surface area contributed by atoms with Gasteiger partial charge in [-0.2, -0.15) is 0 Å². The normalized spacial score (nSPS) is 13.8. The number of piperazine rings is 1. The van der Waals surface area contributed by atoms with Gasteiger partial charge in [0.25, 0.3) is 5.91 Å². The van der Waals surface area contributed by atoms with E-state index in [9.17, 15) is 9.59 Å². The van der Waals surface area contributed by atoms with E-state index in [1.165, 1.54) is 7.11 Å². The first kappa shape index (κ1) is 19.5. The molecule has 7 heteroatoms. The smallest absolute Gasteiger partial charge is 0.337 e. The largest absolute Gasteiger partial charge is 0.497 e. The molecule has 1 heterocycles. The Labute approximate surface area is 164 Å². The maximum Gasteiger partial charge on any atom is 0.337 e. The average molecular weight is 384 g/mol. The van der Waals surface area contributed by atoms with Gasteiger partial charge < -0.3 is 24.0 Å². The highest BCUT2D eigenvalue weighted by Crippen LogP contribution is 2.20. The van der Waals surface area contributed by atoms with Gasteiger partial charge in [0.15, 0.2) is 6.61 Å². The van der Waals surface area contributed by atoms with E-state index in [0.29, 0.717) is 24.4 Å². The van der Waals surface area contributed by atoms with Crippen LogP contribution >= 0.6 is 0 Å². The standard InChI is InChI=1S/C21H24N2O5/c1-26-18-8-6-17(7-9-18)22-10-12-23(13-11-22)20(24)15-28-19-5-3-4-16(14-19)21(25)27-2/h3-9,14H,10-13,15H2,1-2H3. The molecule has 1 aliphatic rings. The Kier molecular flexibility index (Phi) is 6.37. The van der Waals surface area contributed by atoms with Crippen molar-refractivity contribution in [2.24, 2.45) is 0 Å². The van der Waals surface area contributed by atoms with E-state index in [1.54, 1.807) is 36.3 Å². The van der Waals surface area contributed by atoms with Crippen LogP contribution < -0.4 is 14.4 Å². The van der Waals surface area contributed by atoms with Gasteiger partial charge in [-0.25, -0.2) is 4.79 Å². The minimum atomic E-state index is -0.438. The topological polar surface area (TPSA) is 68.3 Å². The Morgan fingerprint density at radius 3 is 2.29 bits per heavy atom. The molecule has 0 radical (unpaired) electrons. The molecule has 28 heavy (non-hydrogen) atoms. The molecule has 0 aliphatic carbocycles. The first-order chi connectivity index (χ1) is 13.6. The number of carbonyl (C=O) groups excluding carboxylic acids is 2. The first-order valence-electron chi connectivity index (χ1n) is 9.08. The Bertz CT molecular complexity index is 814. The second-order valence-electron chi connectivity index (χ2n) is 6.37. The lowest BCUT2D eigenvalue weighted by atomic mass is 10.2. The highest BCUT2D eigenvalue weighted by atomic mass is 16.5. The SMILES string of the molecule is COC(=O)c1cccc(OCC(=O)N2CCN(c3ccc(OC)cc3)CC2)c1. The molecule has 1 fully saturated rings. The van der Waals surface area contributed by atoms with Crippen molar-refractivity contribution >= 4 is 17.6 Å². The van der Waals surface area contributed by atoms with Crippen molar-refractivity contribution in [3.8, 4) is 11.5 Å². The van der Waals surface area contributed by atoms with Crippen molar-refractivity contribution in [2.75, 3.05) is 51.9 Å². The fraction of sp³-hybridized carbons (Fsp3) is 0.333. The number of methoxy groups -OCH3 is 2. The molecule has 0 saturated carbocycles. The van der Waals surface area contributed by atoms with Crippen molar-refractivity contribution in [3.05, 3.63) is 54.1 Å². The summed E-state index contributed by atoms with van der Waals surface area (Å²) < 4.78 is 15.4. The second-order valence-corrected chi connectivity index (χ2v) is 6.37. The monoisotopic (exact) mass is 384 g/mol. The summed E-state index contributed by atoms with van der Waals surface area (Å²) in [6.07, 6.45) is 0. The van der Waals surface area contributed by atoms with E-state index in [4.69, 9.17) is 14.2 Å². The zero-order valence-electron chi connectivity index (χ0n) is 16.1. The molecule has 2 aromatic carbocycles. The molecule has 0 atom stereocenters. The van der Waals surface area contributed by atoms with Crippen molar-refractivity contribution < 1.29 is 23.8 Å². The third-order valence-corrected chi connectivity index (χ3v) is 4.69. The van der Waals surface area contributed by atoms with E-state index in [1.807, 2.05) is 24.3 Å². The van der Waals surface area contributed by atoms with Gasteiger partial charge in [0.1, 0.15) is 11.5 Å². The minimum absolute atomic E-state index is 0.0623. The lowest BCUT2D eigenvalue weighted by Gasteiger charge is -2.36. The molecule has 0 unspecified atom stereocenters. The van der Waals surface area contributed by atoms with Crippen LogP contribution in [0.2, 0.25) is 0 Å². The Hall–Kier alpha value is -3.22. The van der Waals surface area contributed by atoms with Gasteiger partial charge in [-0.3, -0.25) is 4.79 Å². The quantitative estimate of drug-likeness (QED) is 0.712. The summed E-state index contributed by atoms with van der Waals surface area (Å²) >= 11 is 0. The summed E-state index contributed by atoms with van der Waals surface area (Å²) in [6, 6.07) is 14.5. The molecule has 1 amide bonds. The summed E-state index contributed by atoms with van der Waals surface area (Å²) in [5.41, 5.74) is 1.50. The number of rotatable bonds is 6. The number of carbonyl (C=O) groups is 2. The summed E-state index contributed by atoms with van der Waals surface area (Å²) in [5.74, 6) is 0.781. The van der Waals surface area contributed by atoms with Crippen LogP contribution in [0.25, 0.3) is 0 Å². The highest BCUT2D eigenvalue weighted by molar-refractivity contribution is 5.89. The van der Waals surface area contributed by atoms with Crippen LogP contribution in [0, 0.1) is 0 Å². The molecule has 3 rings (SSSR count). The lowest BCUT2D eigenvalue weighted by molar-refractivity contribution is -0.133. The molecule has 0 aromatic heterocycles. The molecule has 0 spiro atoms. The van der Waals surface area contributed by atoms with Gasteiger partial charge in [0.2, 0.25) is 0 Å². The number of ether oxygens (including phenoxy) is 3. The van der Waals surface area contributed by atoms with Crippen molar-refractivity contribution in [1.29, 1.82) is 0 Å². The fourth-order valence-electron chi connectivity index (χ4n) is 3.07. The van der Waals surface area contributed by atoms with Gasteiger partial charge >= 0.3 is 5.97 Å². The van der Waals surface area contributed by atoms with Crippen molar-refractivity contribution in [1.82, 2.24) is 4.90 Å². The summed E-state index contributed by atoms with van der Waals surface area (Å²) in [7, 11) is 2.97. The maximum atomic E-state index is 12.4. The zero-order valence-corrected chi connectivity index (χ0v) is 16.1. The van der Waals surface area contributed by atoms with E-state index < -0.39 is 5.97 Å². The maximum absolute atomic E-state index is 12.4. The number of hydrogen-bond acceptors (Lipinski definition) is 6. The Morgan fingerprint density at radius 2 is 1.64 bits per heavy atom. The number of anilines is 1. The average Bonchev–Trinajstić information content (AvgIpc) is 2.77. The number of esters is 1. The first-order valence-corrected chi connectivity index (χ1v) is 9.08. The molecule has 148 valence electrons. The van der Waals surface area contributed by atoms with Crippen LogP contribution in [0.1, 0.15) is 10.4 Å². The number of amides is 1. The highest BCUT2D eigenvalue weighted by Gasteiger charge is 2.21. The fourth-order valence-corrected chi connectivity index (χ4v) is 3.07. The lowest BCUT2D eigenvalue weighted by Crippen LogP contribution is -2.50. The van der Waals surface area contributed by atoms with Gasteiger partial charge in [-0.05, 0) is 42.5 Å². The Balaban J connectivity index is 1.49. The van der Waals surface area contributed by atoms with E-state index in [0.717, 1.165) is 24.5 Å². The molecule has 0 bridgehead atoms.